The molecule has 0 aliphatic rings. The molecule has 0 bridgehead atoms. The van der Waals surface area contributed by atoms with Crippen LogP contribution in [0.4, 0.5) is 0 Å². The van der Waals surface area contributed by atoms with E-state index in [-0.39, 0.29) is 0 Å². The van der Waals surface area contributed by atoms with Gasteiger partial charge >= 0.3 is 0 Å². The Hall–Kier alpha value is -3.42. The number of hydrogen-bond donors (Lipinski definition) is 0. The van der Waals surface area contributed by atoms with Gasteiger partial charge in [0.05, 0.1) is 0 Å². The second kappa shape index (κ2) is 7.37. The molecule has 0 aliphatic carbocycles. The molecule has 0 spiro atoms. The maximum absolute atomic E-state index is 3.87. The normalized spacial score (nSPS) is 11.4. The van der Waals surface area contributed by atoms with Crippen LogP contribution in [0, 0.1) is 0 Å². The van der Waals surface area contributed by atoms with Crippen molar-refractivity contribution in [2.24, 2.45) is 0 Å². The molecule has 146 valence electrons. The molecule has 6 aromatic carbocycles. The Balaban J connectivity index is 1.70. The molecule has 0 aromatic heterocycles. The summed E-state index contributed by atoms with van der Waals surface area (Å²) < 4.78 is 1.16. The second-order valence-electron chi connectivity index (χ2n) is 7.89. The van der Waals surface area contributed by atoms with E-state index in [0.29, 0.717) is 0 Å². The van der Waals surface area contributed by atoms with Crippen molar-refractivity contribution in [2.45, 2.75) is 0 Å². The topological polar surface area (TPSA) is 0 Å². The highest BCUT2D eigenvalue weighted by molar-refractivity contribution is 9.10. The highest BCUT2D eigenvalue weighted by Crippen LogP contribution is 2.43. The molecular formula is C30H19Br. The fourth-order valence-electron chi connectivity index (χ4n) is 4.68. The Kier molecular flexibility index (Phi) is 4.36. The molecule has 31 heavy (non-hydrogen) atoms. The van der Waals surface area contributed by atoms with E-state index in [9.17, 15) is 0 Å². The van der Waals surface area contributed by atoms with Gasteiger partial charge in [-0.2, -0.15) is 0 Å². The summed E-state index contributed by atoms with van der Waals surface area (Å²) in [5.74, 6) is 0. The Labute approximate surface area is 189 Å². The van der Waals surface area contributed by atoms with Crippen LogP contribution < -0.4 is 0 Å². The summed E-state index contributed by atoms with van der Waals surface area (Å²) in [6, 6.07) is 41.4. The predicted molar refractivity (Wildman–Crippen MR) is 138 cm³/mol. The molecule has 0 saturated carbocycles. The van der Waals surface area contributed by atoms with Gasteiger partial charge in [0.2, 0.25) is 0 Å². The molecule has 0 N–H and O–H groups in total. The van der Waals surface area contributed by atoms with Crippen molar-refractivity contribution in [3.63, 3.8) is 0 Å². The zero-order valence-electron chi connectivity index (χ0n) is 16.8. The summed E-state index contributed by atoms with van der Waals surface area (Å²) in [5.41, 5.74) is 5.06. The highest BCUT2D eigenvalue weighted by atomic mass is 79.9. The Bertz CT molecular complexity index is 1520. The van der Waals surface area contributed by atoms with Gasteiger partial charge in [-0.05, 0) is 76.6 Å². The monoisotopic (exact) mass is 458 g/mol. The van der Waals surface area contributed by atoms with Crippen LogP contribution in [-0.4, -0.2) is 0 Å². The quantitative estimate of drug-likeness (QED) is 0.226. The summed E-state index contributed by atoms with van der Waals surface area (Å²) in [6.45, 7) is 0. The van der Waals surface area contributed by atoms with Gasteiger partial charge in [-0.15, -0.1) is 0 Å². The highest BCUT2D eigenvalue weighted by Gasteiger charge is 2.15. The van der Waals surface area contributed by atoms with E-state index in [0.717, 1.165) is 4.47 Å². The average molecular weight is 459 g/mol. The minimum Gasteiger partial charge on any atom is -0.0622 e. The molecule has 0 fully saturated rings. The predicted octanol–water partition coefficient (Wildman–Crippen LogP) is 9.24. The first kappa shape index (κ1) is 18.4. The van der Waals surface area contributed by atoms with Crippen LogP contribution in [0.2, 0.25) is 0 Å². The molecule has 0 nitrogen and oxygen atoms in total. The van der Waals surface area contributed by atoms with Crippen molar-refractivity contribution >= 4 is 48.2 Å². The molecular weight excluding hydrogens is 440 g/mol. The van der Waals surface area contributed by atoms with E-state index in [1.165, 1.54) is 54.6 Å². The van der Waals surface area contributed by atoms with E-state index in [1.807, 2.05) is 0 Å². The molecule has 0 radical (unpaired) electrons. The first-order valence-electron chi connectivity index (χ1n) is 10.5. The lowest BCUT2D eigenvalue weighted by Gasteiger charge is -2.16. The molecule has 0 amide bonds. The van der Waals surface area contributed by atoms with Crippen LogP contribution >= 0.6 is 15.9 Å². The molecule has 6 aromatic rings. The first-order chi connectivity index (χ1) is 15.3. The fraction of sp³-hybridized carbons (Fsp3) is 0. The van der Waals surface area contributed by atoms with Gasteiger partial charge in [0, 0.05) is 4.47 Å². The molecule has 0 aliphatic heterocycles. The van der Waals surface area contributed by atoms with Gasteiger partial charge in [-0.1, -0.05) is 109 Å². The fourth-order valence-corrected chi connectivity index (χ4v) is 5.37. The molecule has 1 heteroatoms. The average Bonchev–Trinajstić information content (AvgIpc) is 2.84. The van der Waals surface area contributed by atoms with E-state index in [1.54, 1.807) is 0 Å². The lowest BCUT2D eigenvalue weighted by Crippen LogP contribution is -1.89. The summed E-state index contributed by atoms with van der Waals surface area (Å²) >= 11 is 3.87. The number of benzene rings is 6. The number of fused-ring (bicyclic) bond motifs is 3. The first-order valence-corrected chi connectivity index (χ1v) is 11.3. The summed E-state index contributed by atoms with van der Waals surface area (Å²) in [7, 11) is 0. The van der Waals surface area contributed by atoms with Crippen molar-refractivity contribution in [3.8, 4) is 22.3 Å². The van der Waals surface area contributed by atoms with Gasteiger partial charge in [0.1, 0.15) is 0 Å². The third kappa shape index (κ3) is 2.97. The maximum atomic E-state index is 3.87. The summed E-state index contributed by atoms with van der Waals surface area (Å²) in [6.07, 6.45) is 0. The van der Waals surface area contributed by atoms with Gasteiger partial charge in [-0.25, -0.2) is 0 Å². The summed E-state index contributed by atoms with van der Waals surface area (Å²) in [5, 5.41) is 7.57. The van der Waals surface area contributed by atoms with Gasteiger partial charge in [-0.3, -0.25) is 0 Å². The summed E-state index contributed by atoms with van der Waals surface area (Å²) in [4.78, 5) is 0. The lowest BCUT2D eigenvalue weighted by molar-refractivity contribution is 1.64. The number of halogens is 1. The molecule has 0 unspecified atom stereocenters. The van der Waals surface area contributed by atoms with Crippen molar-refractivity contribution in [1.29, 1.82) is 0 Å². The van der Waals surface area contributed by atoms with Crippen molar-refractivity contribution < 1.29 is 0 Å². The zero-order valence-corrected chi connectivity index (χ0v) is 18.4. The third-order valence-corrected chi connectivity index (χ3v) is 6.98. The lowest BCUT2D eigenvalue weighted by atomic mass is 9.89. The maximum Gasteiger partial charge on any atom is 0.0332 e. The molecule has 0 atom stereocenters. The van der Waals surface area contributed by atoms with Gasteiger partial charge in [0.25, 0.3) is 0 Å². The largest absolute Gasteiger partial charge is 0.0622 e. The van der Waals surface area contributed by atoms with Crippen molar-refractivity contribution in [2.75, 3.05) is 0 Å². The minimum atomic E-state index is 1.16. The smallest absolute Gasteiger partial charge is 0.0332 e. The third-order valence-electron chi connectivity index (χ3n) is 6.12. The van der Waals surface area contributed by atoms with Gasteiger partial charge < -0.3 is 0 Å². The molecule has 0 saturated heterocycles. The second-order valence-corrected chi connectivity index (χ2v) is 8.68. The van der Waals surface area contributed by atoms with Crippen LogP contribution in [0.25, 0.3) is 54.6 Å². The van der Waals surface area contributed by atoms with Crippen LogP contribution in [0.15, 0.2) is 120 Å². The SMILES string of the molecule is Brc1c2ccccc2c(-c2cccc3cc(-c4ccccc4)ccc23)c2ccccc12. The Morgan fingerprint density at radius 2 is 1.03 bits per heavy atom. The van der Waals surface area contributed by atoms with Gasteiger partial charge in [0.15, 0.2) is 0 Å². The standard InChI is InChI=1S/C30H19Br/c31-30-27-14-6-4-12-25(27)29(26-13-5-7-15-28(26)30)24-16-8-11-22-19-21(17-18-23(22)24)20-9-2-1-3-10-20/h1-19H. The molecule has 0 heterocycles. The Morgan fingerprint density at radius 1 is 0.419 bits per heavy atom. The van der Waals surface area contributed by atoms with Crippen molar-refractivity contribution in [1.82, 2.24) is 0 Å². The van der Waals surface area contributed by atoms with E-state index in [4.69, 9.17) is 0 Å². The van der Waals surface area contributed by atoms with Crippen LogP contribution in [0.1, 0.15) is 0 Å². The van der Waals surface area contributed by atoms with Crippen LogP contribution in [0.3, 0.4) is 0 Å². The zero-order chi connectivity index (χ0) is 20.8. The van der Waals surface area contributed by atoms with E-state index in [2.05, 4.69) is 131 Å². The molecule has 6 rings (SSSR count). The van der Waals surface area contributed by atoms with Crippen LogP contribution in [0.5, 0.6) is 0 Å². The Morgan fingerprint density at radius 3 is 1.71 bits per heavy atom. The van der Waals surface area contributed by atoms with Crippen molar-refractivity contribution in [3.05, 3.63) is 120 Å². The van der Waals surface area contributed by atoms with E-state index < -0.39 is 0 Å². The van der Waals surface area contributed by atoms with Crippen LogP contribution in [-0.2, 0) is 0 Å². The minimum absolute atomic E-state index is 1.16. The number of hydrogen-bond acceptors (Lipinski definition) is 0. The van der Waals surface area contributed by atoms with E-state index >= 15 is 0 Å². The number of rotatable bonds is 2.